The van der Waals surface area contributed by atoms with Crippen molar-refractivity contribution in [2.45, 2.75) is 57.7 Å². The summed E-state index contributed by atoms with van der Waals surface area (Å²) in [6.07, 6.45) is 1.05. The quantitative estimate of drug-likeness (QED) is 0.746. The van der Waals surface area contributed by atoms with Gasteiger partial charge in [0, 0.05) is 0 Å². The molecule has 2 nitrogen and oxygen atoms in total. The molecule has 2 fully saturated rings. The van der Waals surface area contributed by atoms with E-state index < -0.39 is 18.3 Å². The second-order valence-corrected chi connectivity index (χ2v) is 7.17. The molecule has 2 aliphatic rings. The predicted molar refractivity (Wildman–Crippen MR) is 82.6 cm³/mol. The van der Waals surface area contributed by atoms with Crippen molar-refractivity contribution in [1.29, 1.82) is 0 Å². The maximum absolute atomic E-state index is 14.6. The molecule has 1 saturated heterocycles. The van der Waals surface area contributed by atoms with Crippen LogP contribution >= 0.6 is 0 Å². The molecule has 1 heterocycles. The molecule has 3 rings (SSSR count). The molecular formula is C17H21BF2O2. The molecule has 1 aliphatic heterocycles. The lowest BCUT2D eigenvalue weighted by molar-refractivity contribution is 0.00578. The number of allylic oxidation sites excluding steroid dienone is 1. The van der Waals surface area contributed by atoms with Gasteiger partial charge < -0.3 is 9.31 Å². The minimum atomic E-state index is -0.943. The van der Waals surface area contributed by atoms with Crippen LogP contribution in [-0.2, 0) is 9.31 Å². The lowest BCUT2D eigenvalue weighted by Crippen LogP contribution is -2.41. The number of hydrogen-bond donors (Lipinski definition) is 0. The predicted octanol–water partition coefficient (Wildman–Crippen LogP) is 4.56. The Morgan fingerprint density at radius 3 is 2.18 bits per heavy atom. The van der Waals surface area contributed by atoms with Gasteiger partial charge in [0.2, 0.25) is 0 Å². The van der Waals surface area contributed by atoms with Crippen molar-refractivity contribution in [1.82, 2.24) is 0 Å². The Balaban J connectivity index is 1.72. The van der Waals surface area contributed by atoms with Gasteiger partial charge in [-0.1, -0.05) is 18.2 Å². The van der Waals surface area contributed by atoms with Crippen molar-refractivity contribution in [2.75, 3.05) is 0 Å². The van der Waals surface area contributed by atoms with Crippen LogP contribution in [0.1, 0.15) is 52.0 Å². The van der Waals surface area contributed by atoms with E-state index in [4.69, 9.17) is 9.31 Å². The Bertz CT molecular complexity index is 601. The molecule has 118 valence electrons. The second-order valence-electron chi connectivity index (χ2n) is 7.17. The van der Waals surface area contributed by atoms with Gasteiger partial charge in [-0.15, -0.1) is 0 Å². The second kappa shape index (κ2) is 5.17. The topological polar surface area (TPSA) is 18.5 Å². The van der Waals surface area contributed by atoms with Crippen molar-refractivity contribution in [2.24, 2.45) is 0 Å². The van der Waals surface area contributed by atoms with E-state index in [-0.39, 0.29) is 17.5 Å². The third kappa shape index (κ3) is 2.50. The molecule has 1 aromatic rings. The average molecular weight is 306 g/mol. The van der Waals surface area contributed by atoms with Crippen molar-refractivity contribution in [3.05, 3.63) is 46.9 Å². The minimum Gasteiger partial charge on any atom is -0.398 e. The molecule has 0 unspecified atom stereocenters. The molecule has 0 bridgehead atoms. The highest BCUT2D eigenvalue weighted by molar-refractivity contribution is 6.53. The zero-order valence-electron chi connectivity index (χ0n) is 13.5. The largest absolute Gasteiger partial charge is 0.525 e. The molecule has 22 heavy (non-hydrogen) atoms. The fourth-order valence-corrected chi connectivity index (χ4v) is 2.87. The van der Waals surface area contributed by atoms with E-state index >= 15 is 0 Å². The lowest BCUT2D eigenvalue weighted by atomic mass is 9.70. The molecule has 1 aliphatic carbocycles. The number of halogens is 2. The molecule has 0 aromatic heterocycles. The van der Waals surface area contributed by atoms with E-state index in [0.29, 0.717) is 24.0 Å². The molecule has 1 aromatic carbocycles. The molecule has 0 spiro atoms. The van der Waals surface area contributed by atoms with E-state index in [2.05, 4.69) is 0 Å². The van der Waals surface area contributed by atoms with Gasteiger partial charge in [-0.2, -0.15) is 0 Å². The van der Waals surface area contributed by atoms with Gasteiger partial charge in [-0.3, -0.25) is 0 Å². The first-order valence-corrected chi connectivity index (χ1v) is 7.69. The first-order valence-electron chi connectivity index (χ1n) is 7.69. The van der Waals surface area contributed by atoms with Crippen molar-refractivity contribution in [3.63, 3.8) is 0 Å². The van der Waals surface area contributed by atoms with Crippen LogP contribution in [0.5, 0.6) is 0 Å². The summed E-state index contributed by atoms with van der Waals surface area (Å²) in [5.41, 5.74) is -0.111. The van der Waals surface area contributed by atoms with Crippen LogP contribution in [0.3, 0.4) is 0 Å². The van der Waals surface area contributed by atoms with E-state index in [9.17, 15) is 8.78 Å². The molecule has 0 atom stereocenters. The standard InChI is InChI=1S/C17H21BF2O2/c1-16(2)17(3,4)22-18(21-16)15(20)12-9-11(10-12)13-7-5-6-8-14(13)19/h5-8,11H,9-10H2,1-4H3. The maximum atomic E-state index is 14.6. The first-order chi connectivity index (χ1) is 10.2. The normalized spacial score (nSPS) is 26.0. The van der Waals surface area contributed by atoms with E-state index in [1.165, 1.54) is 6.07 Å². The Morgan fingerprint density at radius 1 is 1.09 bits per heavy atom. The molecule has 0 amide bonds. The van der Waals surface area contributed by atoms with Gasteiger partial charge in [0.15, 0.2) is 0 Å². The van der Waals surface area contributed by atoms with E-state index in [1.807, 2.05) is 33.8 Å². The number of hydrogen-bond acceptors (Lipinski definition) is 2. The maximum Gasteiger partial charge on any atom is 0.525 e. The van der Waals surface area contributed by atoms with Crippen molar-refractivity contribution < 1.29 is 18.1 Å². The fourth-order valence-electron chi connectivity index (χ4n) is 2.87. The highest BCUT2D eigenvalue weighted by Gasteiger charge is 2.54. The minimum absolute atomic E-state index is 0.0457. The summed E-state index contributed by atoms with van der Waals surface area (Å²) in [5.74, 6) is -0.174. The van der Waals surface area contributed by atoms with E-state index in [0.717, 1.165) is 0 Å². The summed E-state index contributed by atoms with van der Waals surface area (Å²) in [6.45, 7) is 7.59. The monoisotopic (exact) mass is 306 g/mol. The zero-order valence-corrected chi connectivity index (χ0v) is 13.5. The van der Waals surface area contributed by atoms with Gasteiger partial charge in [0.25, 0.3) is 0 Å². The lowest BCUT2D eigenvalue weighted by Gasteiger charge is -2.32. The van der Waals surface area contributed by atoms with Gasteiger partial charge >= 0.3 is 7.12 Å². The Kier molecular flexibility index (Phi) is 3.69. The Labute approximate surface area is 130 Å². The van der Waals surface area contributed by atoms with Crippen molar-refractivity contribution >= 4 is 7.12 Å². The first kappa shape index (κ1) is 15.7. The molecule has 0 radical (unpaired) electrons. The van der Waals surface area contributed by atoms with Crippen LogP contribution in [0.15, 0.2) is 35.6 Å². The van der Waals surface area contributed by atoms with Crippen LogP contribution in [0.4, 0.5) is 8.78 Å². The van der Waals surface area contributed by atoms with Gasteiger partial charge in [-0.25, -0.2) is 8.78 Å². The summed E-state index contributed by atoms with van der Waals surface area (Å²) < 4.78 is 39.7. The highest BCUT2D eigenvalue weighted by atomic mass is 19.1. The average Bonchev–Trinajstić information content (AvgIpc) is 2.59. The fraction of sp³-hybridized carbons (Fsp3) is 0.529. The SMILES string of the molecule is CC1(C)OB(C(F)=C2CC(c3ccccc3F)C2)OC1(C)C. The van der Waals surface area contributed by atoms with Crippen molar-refractivity contribution in [3.8, 4) is 0 Å². The Hall–Kier alpha value is -1.20. The van der Waals surface area contributed by atoms with Crippen LogP contribution in [0.2, 0.25) is 0 Å². The molecular weight excluding hydrogens is 285 g/mol. The summed E-state index contributed by atoms with van der Waals surface area (Å²) in [4.78, 5) is 0. The summed E-state index contributed by atoms with van der Waals surface area (Å²) in [5, 5.41) is 0. The van der Waals surface area contributed by atoms with Crippen LogP contribution < -0.4 is 0 Å². The summed E-state index contributed by atoms with van der Waals surface area (Å²) in [6, 6.07) is 6.69. The van der Waals surface area contributed by atoms with Crippen LogP contribution in [0.25, 0.3) is 0 Å². The zero-order chi connectivity index (χ0) is 16.1. The molecule has 0 N–H and O–H groups in total. The van der Waals surface area contributed by atoms with Crippen LogP contribution in [-0.4, -0.2) is 18.3 Å². The number of benzene rings is 1. The smallest absolute Gasteiger partial charge is 0.398 e. The molecule has 1 saturated carbocycles. The number of rotatable bonds is 2. The summed E-state index contributed by atoms with van der Waals surface area (Å²) >= 11 is 0. The van der Waals surface area contributed by atoms with E-state index in [1.54, 1.807) is 12.1 Å². The highest BCUT2D eigenvalue weighted by Crippen LogP contribution is 2.46. The Morgan fingerprint density at radius 2 is 1.64 bits per heavy atom. The van der Waals surface area contributed by atoms with Crippen LogP contribution in [0, 0.1) is 5.82 Å². The molecule has 5 heteroatoms. The van der Waals surface area contributed by atoms with Gasteiger partial charge in [0.1, 0.15) is 11.5 Å². The third-order valence-electron chi connectivity index (χ3n) is 5.13. The van der Waals surface area contributed by atoms with Gasteiger partial charge in [-0.05, 0) is 63.7 Å². The summed E-state index contributed by atoms with van der Waals surface area (Å²) in [7, 11) is -0.943. The third-order valence-corrected chi connectivity index (χ3v) is 5.13. The van der Waals surface area contributed by atoms with Gasteiger partial charge in [0.05, 0.1) is 11.2 Å².